The van der Waals surface area contributed by atoms with Gasteiger partial charge in [-0.15, -0.1) is 0 Å². The van der Waals surface area contributed by atoms with Gasteiger partial charge in [0.2, 0.25) is 5.88 Å². The van der Waals surface area contributed by atoms with Crippen LogP contribution in [0.15, 0.2) is 53.7 Å². The number of hydrogen-bond acceptors (Lipinski definition) is 10. The van der Waals surface area contributed by atoms with Crippen molar-refractivity contribution in [1.82, 2.24) is 19.4 Å². The number of pyridine rings is 1. The molecule has 2 saturated heterocycles. The molecule has 0 saturated carbocycles. The molecule has 2 aromatic carbocycles. The van der Waals surface area contributed by atoms with Crippen molar-refractivity contribution in [2.75, 3.05) is 41.0 Å². The van der Waals surface area contributed by atoms with Gasteiger partial charge in [-0.1, -0.05) is 23.4 Å². The van der Waals surface area contributed by atoms with Crippen LogP contribution in [0.3, 0.4) is 0 Å². The third-order valence-corrected chi connectivity index (χ3v) is 8.59. The van der Waals surface area contributed by atoms with Crippen molar-refractivity contribution in [3.05, 3.63) is 82.6 Å². The number of esters is 1. The lowest BCUT2D eigenvalue weighted by atomic mass is 9.93. The lowest BCUT2D eigenvalue weighted by Gasteiger charge is -2.32. The molecule has 12 heteroatoms. The van der Waals surface area contributed by atoms with Crippen LogP contribution in [-0.4, -0.2) is 78.7 Å². The zero-order valence-electron chi connectivity index (χ0n) is 26.3. The monoisotopic (exact) mass is 631 g/mol. The molecule has 0 spiro atoms. The standard InChI is InChI=1S/C34H38FN5O6/c1-42-30-17-25(34(41)43-2)16-29-33(30)38-31(40(29)19-26-11-14-45-26)20-39-12-9-23(10-13-39)28-5-4-6-32(37-28)46-21-24-8-7-22(15-27(24)35)18-36-44-3/h4-8,15-18,23,26H,9-14,19-21H2,1-3H3/b36-18+/t26-/m0/s1. The largest absolute Gasteiger partial charge is 0.494 e. The van der Waals surface area contributed by atoms with Gasteiger partial charge in [0.25, 0.3) is 0 Å². The zero-order chi connectivity index (χ0) is 32.0. The minimum absolute atomic E-state index is 0.0707. The third kappa shape index (κ3) is 6.97. The van der Waals surface area contributed by atoms with Crippen LogP contribution in [0.1, 0.15) is 58.2 Å². The summed E-state index contributed by atoms with van der Waals surface area (Å²) in [4.78, 5) is 29.2. The van der Waals surface area contributed by atoms with Crippen molar-refractivity contribution >= 4 is 23.2 Å². The molecule has 0 N–H and O–H groups in total. The summed E-state index contributed by atoms with van der Waals surface area (Å²) < 4.78 is 39.0. The first kappa shape index (κ1) is 31.4. The number of fused-ring (bicyclic) bond motifs is 1. The number of piperidine rings is 1. The average Bonchev–Trinajstić information content (AvgIpc) is 3.40. The summed E-state index contributed by atoms with van der Waals surface area (Å²) >= 11 is 0. The van der Waals surface area contributed by atoms with E-state index in [1.54, 1.807) is 31.4 Å². The Hall–Kier alpha value is -4.55. The third-order valence-electron chi connectivity index (χ3n) is 8.59. The normalized spacial score (nSPS) is 17.3. The average molecular weight is 632 g/mol. The van der Waals surface area contributed by atoms with Crippen LogP contribution in [0.4, 0.5) is 4.39 Å². The second kappa shape index (κ2) is 14.3. The van der Waals surface area contributed by atoms with Crippen molar-refractivity contribution in [2.45, 2.75) is 51.0 Å². The van der Waals surface area contributed by atoms with Crippen molar-refractivity contribution in [1.29, 1.82) is 0 Å². The molecule has 0 radical (unpaired) electrons. The molecule has 0 aliphatic carbocycles. The molecule has 1 atom stereocenters. The fourth-order valence-electron chi connectivity index (χ4n) is 5.94. The smallest absolute Gasteiger partial charge is 0.338 e. The van der Waals surface area contributed by atoms with Crippen molar-refractivity contribution in [3.63, 3.8) is 0 Å². The summed E-state index contributed by atoms with van der Waals surface area (Å²) in [5.41, 5.74) is 3.98. The maximum absolute atomic E-state index is 14.6. The highest BCUT2D eigenvalue weighted by Crippen LogP contribution is 2.32. The molecular formula is C34H38FN5O6. The number of halogens is 1. The SMILES string of the molecule is CO/N=C/c1ccc(COc2cccc(C3CCN(Cc4nc5c(OC)cc(C(=O)OC)cc5n4C[C@@H]4CCO4)CC3)n2)c(F)c1. The zero-order valence-corrected chi connectivity index (χ0v) is 26.3. The fraction of sp³-hybridized carbons (Fsp3) is 0.412. The lowest BCUT2D eigenvalue weighted by molar-refractivity contribution is -0.0592. The van der Waals surface area contributed by atoms with E-state index in [1.807, 2.05) is 18.2 Å². The van der Waals surface area contributed by atoms with Crippen molar-refractivity contribution in [2.24, 2.45) is 5.16 Å². The summed E-state index contributed by atoms with van der Waals surface area (Å²) in [6, 6.07) is 14.1. The van der Waals surface area contributed by atoms with Gasteiger partial charge < -0.3 is 28.4 Å². The number of likely N-dealkylation sites (tertiary alicyclic amines) is 1. The molecule has 2 aromatic heterocycles. The molecule has 2 aliphatic heterocycles. The predicted octanol–water partition coefficient (Wildman–Crippen LogP) is 5.09. The first-order valence-electron chi connectivity index (χ1n) is 15.4. The Morgan fingerprint density at radius 2 is 1.91 bits per heavy atom. The molecule has 0 bridgehead atoms. The number of benzene rings is 2. The Bertz CT molecular complexity index is 1710. The highest BCUT2D eigenvalue weighted by atomic mass is 19.1. The van der Waals surface area contributed by atoms with Gasteiger partial charge in [-0.05, 0) is 62.2 Å². The van der Waals surface area contributed by atoms with Gasteiger partial charge >= 0.3 is 5.97 Å². The van der Waals surface area contributed by atoms with Gasteiger partial charge in [0.05, 0.1) is 50.7 Å². The van der Waals surface area contributed by atoms with E-state index in [2.05, 4.69) is 19.5 Å². The number of imidazole rings is 1. The Labute approximate surface area is 266 Å². The maximum atomic E-state index is 14.6. The Balaban J connectivity index is 1.12. The number of carbonyl (C=O) groups excluding carboxylic acids is 1. The van der Waals surface area contributed by atoms with Gasteiger partial charge in [-0.2, -0.15) is 0 Å². The summed E-state index contributed by atoms with van der Waals surface area (Å²) in [7, 11) is 4.39. The molecule has 4 heterocycles. The van der Waals surface area contributed by atoms with Crippen LogP contribution < -0.4 is 9.47 Å². The molecule has 4 aromatic rings. The molecule has 0 unspecified atom stereocenters. The topological polar surface area (TPSA) is 110 Å². The second-order valence-electron chi connectivity index (χ2n) is 11.5. The number of aromatic nitrogens is 3. The van der Waals surface area contributed by atoms with Crippen molar-refractivity contribution in [3.8, 4) is 11.6 Å². The molecule has 11 nitrogen and oxygen atoms in total. The highest BCUT2D eigenvalue weighted by Gasteiger charge is 2.27. The lowest BCUT2D eigenvalue weighted by Crippen LogP contribution is -2.35. The quantitative estimate of drug-likeness (QED) is 0.120. The van der Waals surface area contributed by atoms with E-state index in [9.17, 15) is 9.18 Å². The summed E-state index contributed by atoms with van der Waals surface area (Å²) in [6.07, 6.45) is 4.40. The molecule has 242 valence electrons. The summed E-state index contributed by atoms with van der Waals surface area (Å²) in [6.45, 7) is 3.88. The van der Waals surface area contributed by atoms with E-state index in [-0.39, 0.29) is 24.4 Å². The first-order valence-corrected chi connectivity index (χ1v) is 15.4. The molecule has 2 fully saturated rings. The van der Waals surface area contributed by atoms with Gasteiger partial charge in [0, 0.05) is 29.8 Å². The van der Waals surface area contributed by atoms with E-state index in [0.717, 1.165) is 61.5 Å². The molecular weight excluding hydrogens is 593 g/mol. The van der Waals surface area contributed by atoms with Crippen LogP contribution >= 0.6 is 0 Å². The number of methoxy groups -OCH3 is 2. The van der Waals surface area contributed by atoms with Crippen LogP contribution in [0.25, 0.3) is 11.0 Å². The first-order chi connectivity index (χ1) is 22.4. The minimum Gasteiger partial charge on any atom is -0.494 e. The molecule has 0 amide bonds. The number of hydrogen-bond donors (Lipinski definition) is 0. The van der Waals surface area contributed by atoms with E-state index in [0.29, 0.717) is 41.4 Å². The number of rotatable bonds is 12. The Morgan fingerprint density at radius 3 is 2.61 bits per heavy atom. The molecule has 6 rings (SSSR count). The van der Waals surface area contributed by atoms with E-state index in [4.69, 9.17) is 28.9 Å². The van der Waals surface area contributed by atoms with Crippen LogP contribution in [0.5, 0.6) is 11.6 Å². The van der Waals surface area contributed by atoms with Gasteiger partial charge in [-0.3, -0.25) is 4.90 Å². The van der Waals surface area contributed by atoms with Crippen molar-refractivity contribution < 1.29 is 33.0 Å². The minimum atomic E-state index is -0.422. The second-order valence-corrected chi connectivity index (χ2v) is 11.5. The van der Waals surface area contributed by atoms with E-state index >= 15 is 0 Å². The maximum Gasteiger partial charge on any atom is 0.338 e. The highest BCUT2D eigenvalue weighted by molar-refractivity contribution is 5.96. The van der Waals surface area contributed by atoms with E-state index in [1.165, 1.54) is 26.5 Å². The van der Waals surface area contributed by atoms with Gasteiger partial charge in [0.1, 0.15) is 36.6 Å². The summed E-state index contributed by atoms with van der Waals surface area (Å²) in [5, 5.41) is 3.67. The van der Waals surface area contributed by atoms with Crippen LogP contribution in [0.2, 0.25) is 0 Å². The Kier molecular flexibility index (Phi) is 9.74. The number of nitrogens with zero attached hydrogens (tertiary/aromatic N) is 5. The Morgan fingerprint density at radius 1 is 1.09 bits per heavy atom. The molecule has 2 aliphatic rings. The number of carbonyl (C=O) groups is 1. The van der Waals surface area contributed by atoms with Crippen LogP contribution in [0, 0.1) is 5.82 Å². The summed E-state index contributed by atoms with van der Waals surface area (Å²) in [5.74, 6) is 1.39. The van der Waals surface area contributed by atoms with Gasteiger partial charge in [0.15, 0.2) is 0 Å². The number of oxime groups is 1. The van der Waals surface area contributed by atoms with E-state index < -0.39 is 5.97 Å². The number of ether oxygens (including phenoxy) is 4. The fourth-order valence-corrected chi connectivity index (χ4v) is 5.94. The predicted molar refractivity (Wildman–Crippen MR) is 169 cm³/mol. The van der Waals surface area contributed by atoms with Crippen LogP contribution in [-0.2, 0) is 34.0 Å². The molecule has 46 heavy (non-hydrogen) atoms. The van der Waals surface area contributed by atoms with Gasteiger partial charge in [-0.25, -0.2) is 19.2 Å².